The van der Waals surface area contributed by atoms with E-state index >= 15 is 0 Å². The van der Waals surface area contributed by atoms with Crippen LogP contribution in [0.2, 0.25) is 0 Å². The molecule has 0 N–H and O–H groups in total. The summed E-state index contributed by atoms with van der Waals surface area (Å²) in [7, 11) is 0. The lowest BCUT2D eigenvalue weighted by Crippen LogP contribution is -2.18. The number of esters is 2. The van der Waals surface area contributed by atoms with E-state index in [2.05, 4.69) is 0 Å². The van der Waals surface area contributed by atoms with Gasteiger partial charge >= 0.3 is 11.9 Å². The Morgan fingerprint density at radius 1 is 0.708 bits per heavy atom. The highest BCUT2D eigenvalue weighted by atomic mass is 35.5. The summed E-state index contributed by atoms with van der Waals surface area (Å²) in [5.74, 6) is -0.609. The van der Waals surface area contributed by atoms with E-state index in [0.717, 1.165) is 51.4 Å². The van der Waals surface area contributed by atoms with Crippen molar-refractivity contribution in [1.29, 1.82) is 0 Å². The first-order chi connectivity index (χ1) is 11.5. The maximum absolute atomic E-state index is 11.5. The lowest BCUT2D eigenvalue weighted by Gasteiger charge is -2.09. The summed E-state index contributed by atoms with van der Waals surface area (Å²) in [6.45, 7) is 4.86. The van der Waals surface area contributed by atoms with Gasteiger partial charge in [-0.1, -0.05) is 52.4 Å². The number of alkyl halides is 2. The zero-order valence-electron chi connectivity index (χ0n) is 15.0. The summed E-state index contributed by atoms with van der Waals surface area (Å²) in [5, 5.41) is -1.02. The third-order valence-corrected chi connectivity index (χ3v) is 4.42. The molecule has 0 aliphatic rings. The van der Waals surface area contributed by atoms with Gasteiger partial charge in [-0.3, -0.25) is 9.59 Å². The maximum atomic E-state index is 11.5. The molecule has 0 spiro atoms. The van der Waals surface area contributed by atoms with Gasteiger partial charge < -0.3 is 9.47 Å². The number of halogens is 2. The van der Waals surface area contributed by atoms with Crippen molar-refractivity contribution in [3.8, 4) is 0 Å². The summed E-state index contributed by atoms with van der Waals surface area (Å²) < 4.78 is 10.3. The molecule has 6 heteroatoms. The lowest BCUT2D eigenvalue weighted by molar-refractivity contribution is -0.144. The van der Waals surface area contributed by atoms with Gasteiger partial charge in [0.15, 0.2) is 0 Å². The van der Waals surface area contributed by atoms with Crippen molar-refractivity contribution in [2.24, 2.45) is 0 Å². The molecule has 0 heterocycles. The molecular weight excluding hydrogens is 351 g/mol. The highest BCUT2D eigenvalue weighted by Crippen LogP contribution is 2.10. The van der Waals surface area contributed by atoms with Crippen LogP contribution in [0, 0.1) is 0 Å². The Morgan fingerprint density at radius 2 is 1.04 bits per heavy atom. The first-order valence-corrected chi connectivity index (χ1v) is 10.0. The molecule has 0 saturated carbocycles. The van der Waals surface area contributed by atoms with Gasteiger partial charge in [0, 0.05) is 0 Å². The monoisotopic (exact) mass is 382 g/mol. The summed E-state index contributed by atoms with van der Waals surface area (Å²) >= 11 is 11.8. The molecule has 0 aromatic carbocycles. The van der Waals surface area contributed by atoms with Crippen LogP contribution in [-0.2, 0) is 19.1 Å². The first-order valence-electron chi connectivity index (χ1n) is 9.14. The number of rotatable bonds is 15. The van der Waals surface area contributed by atoms with E-state index in [1.165, 1.54) is 0 Å². The van der Waals surface area contributed by atoms with E-state index in [1.54, 1.807) is 0 Å². The third-order valence-electron chi connectivity index (χ3n) is 3.62. The molecule has 142 valence electrons. The zero-order chi connectivity index (χ0) is 18.2. The second-order valence-electron chi connectivity index (χ2n) is 5.97. The minimum Gasteiger partial charge on any atom is -0.465 e. The molecule has 0 bridgehead atoms. The standard InChI is InChI=1S/C18H32Cl2O4/c1-3-11-15(19)17(21)23-13-9-7-5-6-8-10-14-24-18(22)16(20)12-4-2/h15-16H,3-14H2,1-2H3. The van der Waals surface area contributed by atoms with Crippen LogP contribution in [0.1, 0.15) is 78.1 Å². The van der Waals surface area contributed by atoms with Crippen molar-refractivity contribution in [3.05, 3.63) is 0 Å². The Bertz CT molecular complexity index is 305. The molecule has 0 rings (SSSR count). The molecule has 0 fully saturated rings. The number of hydrogen-bond acceptors (Lipinski definition) is 4. The van der Waals surface area contributed by atoms with Gasteiger partial charge in [0.2, 0.25) is 0 Å². The molecule has 0 saturated heterocycles. The molecule has 4 nitrogen and oxygen atoms in total. The minimum absolute atomic E-state index is 0.305. The highest BCUT2D eigenvalue weighted by molar-refractivity contribution is 6.30. The van der Waals surface area contributed by atoms with Crippen LogP contribution < -0.4 is 0 Å². The smallest absolute Gasteiger partial charge is 0.324 e. The fraction of sp³-hybridized carbons (Fsp3) is 0.889. The Morgan fingerprint density at radius 3 is 1.38 bits per heavy atom. The second kappa shape index (κ2) is 16.0. The molecule has 0 aromatic rings. The Balaban J connectivity index is 3.37. The van der Waals surface area contributed by atoms with E-state index in [-0.39, 0.29) is 11.9 Å². The number of unbranched alkanes of at least 4 members (excludes halogenated alkanes) is 5. The van der Waals surface area contributed by atoms with E-state index in [9.17, 15) is 9.59 Å². The Kier molecular flexibility index (Phi) is 15.7. The van der Waals surface area contributed by atoms with Crippen LogP contribution in [0.25, 0.3) is 0 Å². The SMILES string of the molecule is CCCC(Cl)C(=O)OCCCCCCCCOC(=O)C(Cl)CCC. The van der Waals surface area contributed by atoms with Gasteiger partial charge in [-0.05, 0) is 25.7 Å². The molecule has 2 unspecified atom stereocenters. The van der Waals surface area contributed by atoms with Crippen molar-refractivity contribution in [3.63, 3.8) is 0 Å². The normalized spacial score (nSPS) is 13.3. The largest absolute Gasteiger partial charge is 0.465 e. The highest BCUT2D eigenvalue weighted by Gasteiger charge is 2.15. The number of ether oxygens (including phenoxy) is 2. The summed E-state index contributed by atoms with van der Waals surface area (Å²) in [6.07, 6.45) is 9.01. The first kappa shape index (κ1) is 23.5. The van der Waals surface area contributed by atoms with Gasteiger partial charge in [-0.25, -0.2) is 0 Å². The summed E-state index contributed by atoms with van der Waals surface area (Å²) in [4.78, 5) is 23.0. The van der Waals surface area contributed by atoms with Crippen LogP contribution >= 0.6 is 23.2 Å². The molecule has 2 atom stereocenters. The Labute approximate surface area is 156 Å². The molecular formula is C18H32Cl2O4. The van der Waals surface area contributed by atoms with Gasteiger partial charge in [0.05, 0.1) is 13.2 Å². The molecule has 0 radical (unpaired) electrons. The fourth-order valence-corrected chi connectivity index (χ4v) is 2.74. The summed E-state index contributed by atoms with van der Waals surface area (Å²) in [5.41, 5.74) is 0. The van der Waals surface area contributed by atoms with E-state index in [1.807, 2.05) is 13.8 Å². The molecule has 0 aliphatic carbocycles. The zero-order valence-corrected chi connectivity index (χ0v) is 16.5. The van der Waals surface area contributed by atoms with Gasteiger partial charge in [-0.2, -0.15) is 0 Å². The van der Waals surface area contributed by atoms with Crippen LogP contribution in [0.4, 0.5) is 0 Å². The van der Waals surface area contributed by atoms with Gasteiger partial charge in [0.25, 0.3) is 0 Å². The van der Waals surface area contributed by atoms with E-state index in [4.69, 9.17) is 32.7 Å². The average molecular weight is 383 g/mol. The van der Waals surface area contributed by atoms with Crippen LogP contribution in [0.5, 0.6) is 0 Å². The fourth-order valence-electron chi connectivity index (χ4n) is 2.18. The predicted octanol–water partition coefficient (Wildman–Crippen LogP) is 5.23. The van der Waals surface area contributed by atoms with Crippen molar-refractivity contribution < 1.29 is 19.1 Å². The molecule has 0 aliphatic heterocycles. The second-order valence-corrected chi connectivity index (χ2v) is 7.02. The maximum Gasteiger partial charge on any atom is 0.324 e. The van der Waals surface area contributed by atoms with Crippen molar-refractivity contribution in [2.45, 2.75) is 88.8 Å². The topological polar surface area (TPSA) is 52.6 Å². The third kappa shape index (κ3) is 12.9. The quantitative estimate of drug-likeness (QED) is 0.221. The predicted molar refractivity (Wildman–Crippen MR) is 98.7 cm³/mol. The van der Waals surface area contributed by atoms with E-state index < -0.39 is 10.8 Å². The van der Waals surface area contributed by atoms with E-state index in [0.29, 0.717) is 26.1 Å². The number of carbonyl (C=O) groups excluding carboxylic acids is 2. The van der Waals surface area contributed by atoms with Gasteiger partial charge in [0.1, 0.15) is 10.8 Å². The summed E-state index contributed by atoms with van der Waals surface area (Å²) in [6, 6.07) is 0. The van der Waals surface area contributed by atoms with Crippen molar-refractivity contribution in [2.75, 3.05) is 13.2 Å². The minimum atomic E-state index is -0.511. The molecule has 24 heavy (non-hydrogen) atoms. The molecule has 0 amide bonds. The van der Waals surface area contributed by atoms with Crippen LogP contribution in [-0.4, -0.2) is 35.9 Å². The van der Waals surface area contributed by atoms with Gasteiger partial charge in [-0.15, -0.1) is 23.2 Å². The van der Waals surface area contributed by atoms with Crippen LogP contribution in [0.3, 0.4) is 0 Å². The van der Waals surface area contributed by atoms with Crippen molar-refractivity contribution in [1.82, 2.24) is 0 Å². The Hall–Kier alpha value is -0.480. The average Bonchev–Trinajstić information content (AvgIpc) is 2.56. The lowest BCUT2D eigenvalue weighted by atomic mass is 10.1. The molecule has 0 aromatic heterocycles. The van der Waals surface area contributed by atoms with Crippen molar-refractivity contribution >= 4 is 35.1 Å². The van der Waals surface area contributed by atoms with Crippen LogP contribution in [0.15, 0.2) is 0 Å². The number of hydrogen-bond donors (Lipinski definition) is 0. The number of carbonyl (C=O) groups is 2.